The molecule has 15 heavy (non-hydrogen) atoms. The van der Waals surface area contributed by atoms with Gasteiger partial charge in [0.1, 0.15) is 0 Å². The van der Waals surface area contributed by atoms with Gasteiger partial charge in [0.05, 0.1) is 10.0 Å². The fourth-order valence-corrected chi connectivity index (χ4v) is 2.53. The number of nitrogens with one attached hydrogen (secondary N) is 1. The Labute approximate surface area is 110 Å². The van der Waals surface area contributed by atoms with Crippen LogP contribution in [0, 0.1) is 0 Å². The van der Waals surface area contributed by atoms with Gasteiger partial charge in [0.25, 0.3) is 0 Å². The summed E-state index contributed by atoms with van der Waals surface area (Å²) in [4.78, 5) is 0. The van der Waals surface area contributed by atoms with E-state index in [1.165, 1.54) is 6.42 Å². The second-order valence-corrected chi connectivity index (χ2v) is 4.66. The summed E-state index contributed by atoms with van der Waals surface area (Å²) in [5.41, 5.74) is 1.02. The molecular weight excluding hydrogens is 276 g/mol. The summed E-state index contributed by atoms with van der Waals surface area (Å²) < 4.78 is 0. The van der Waals surface area contributed by atoms with Crippen molar-refractivity contribution in [1.82, 2.24) is 5.32 Å². The Balaban J connectivity index is 0.00000112. The molecule has 0 aromatic heterocycles. The van der Waals surface area contributed by atoms with E-state index in [1.807, 2.05) is 6.07 Å². The van der Waals surface area contributed by atoms with Crippen molar-refractivity contribution < 1.29 is 0 Å². The molecule has 1 aliphatic heterocycles. The topological polar surface area (TPSA) is 12.0 Å². The Kier molecular flexibility index (Phi) is 5.01. The van der Waals surface area contributed by atoms with Crippen molar-refractivity contribution in [3.8, 4) is 0 Å². The highest BCUT2D eigenvalue weighted by atomic mass is 35.5. The molecule has 1 fully saturated rings. The molecule has 1 aromatic rings. The van der Waals surface area contributed by atoms with Crippen molar-refractivity contribution in [1.29, 1.82) is 0 Å². The van der Waals surface area contributed by atoms with Gasteiger partial charge in [0.15, 0.2) is 0 Å². The van der Waals surface area contributed by atoms with Crippen LogP contribution in [-0.4, -0.2) is 6.54 Å². The van der Waals surface area contributed by atoms with Crippen LogP contribution < -0.4 is 5.32 Å². The molecular formula is C10H11Cl4N. The van der Waals surface area contributed by atoms with Crippen LogP contribution in [0.5, 0.6) is 0 Å². The van der Waals surface area contributed by atoms with Gasteiger partial charge in [-0.15, -0.1) is 12.4 Å². The maximum Gasteiger partial charge on any atom is 0.0641 e. The van der Waals surface area contributed by atoms with E-state index in [0.717, 1.165) is 18.5 Å². The van der Waals surface area contributed by atoms with E-state index in [4.69, 9.17) is 34.8 Å². The standard InChI is InChI=1S/C10H10Cl3N.ClH/c11-6-4-7(9-2-1-3-14-9)10(13)8(12)5-6;/h4-5,9,14H,1-3H2;1H/t9-;/m1./s1. The molecule has 1 aromatic carbocycles. The molecule has 1 nitrogen and oxygen atoms in total. The van der Waals surface area contributed by atoms with Crippen molar-refractivity contribution in [3.05, 3.63) is 32.8 Å². The van der Waals surface area contributed by atoms with Gasteiger partial charge in [-0.2, -0.15) is 0 Å². The molecule has 0 radical (unpaired) electrons. The third-order valence-electron chi connectivity index (χ3n) is 2.46. The predicted octanol–water partition coefficient (Wildman–Crippen LogP) is 4.49. The van der Waals surface area contributed by atoms with Gasteiger partial charge < -0.3 is 5.32 Å². The highest BCUT2D eigenvalue weighted by Crippen LogP contribution is 2.36. The summed E-state index contributed by atoms with van der Waals surface area (Å²) in [7, 11) is 0. The van der Waals surface area contributed by atoms with Crippen molar-refractivity contribution in [2.45, 2.75) is 18.9 Å². The summed E-state index contributed by atoms with van der Waals surface area (Å²) in [6.45, 7) is 1.03. The zero-order chi connectivity index (χ0) is 10.1. The van der Waals surface area contributed by atoms with Crippen LogP contribution in [0.15, 0.2) is 12.1 Å². The van der Waals surface area contributed by atoms with Crippen molar-refractivity contribution in [3.63, 3.8) is 0 Å². The highest BCUT2D eigenvalue weighted by Gasteiger charge is 2.20. The predicted molar refractivity (Wildman–Crippen MR) is 68.7 cm³/mol. The van der Waals surface area contributed by atoms with Gasteiger partial charge in [0, 0.05) is 11.1 Å². The maximum atomic E-state index is 6.11. The molecule has 0 aliphatic carbocycles. The lowest BCUT2D eigenvalue weighted by molar-refractivity contribution is 0.648. The van der Waals surface area contributed by atoms with Gasteiger partial charge in [-0.25, -0.2) is 0 Å². The van der Waals surface area contributed by atoms with Crippen LogP contribution >= 0.6 is 47.2 Å². The van der Waals surface area contributed by atoms with Gasteiger partial charge >= 0.3 is 0 Å². The average Bonchev–Trinajstić information content (AvgIpc) is 2.63. The molecule has 0 unspecified atom stereocenters. The fraction of sp³-hybridized carbons (Fsp3) is 0.400. The minimum atomic E-state index is 0. The third kappa shape index (κ3) is 2.92. The molecule has 5 heteroatoms. The first-order valence-electron chi connectivity index (χ1n) is 4.56. The first kappa shape index (κ1) is 13.4. The summed E-state index contributed by atoms with van der Waals surface area (Å²) >= 11 is 18.0. The molecule has 1 N–H and O–H groups in total. The van der Waals surface area contributed by atoms with Crippen LogP contribution in [0.3, 0.4) is 0 Å². The number of rotatable bonds is 1. The Bertz CT molecular complexity index is 348. The van der Waals surface area contributed by atoms with Crippen LogP contribution in [-0.2, 0) is 0 Å². The van der Waals surface area contributed by atoms with Gasteiger partial charge in [0.2, 0.25) is 0 Å². The Morgan fingerprint density at radius 3 is 2.53 bits per heavy atom. The summed E-state index contributed by atoms with van der Waals surface area (Å²) in [5, 5.41) is 5.16. The van der Waals surface area contributed by atoms with E-state index >= 15 is 0 Å². The fourth-order valence-electron chi connectivity index (χ4n) is 1.78. The molecule has 1 heterocycles. The largest absolute Gasteiger partial charge is 0.310 e. The van der Waals surface area contributed by atoms with Crippen LogP contribution in [0.4, 0.5) is 0 Å². The first-order valence-corrected chi connectivity index (χ1v) is 5.69. The number of hydrogen-bond donors (Lipinski definition) is 1. The lowest BCUT2D eigenvalue weighted by Gasteiger charge is -2.13. The normalized spacial score (nSPS) is 20.1. The van der Waals surface area contributed by atoms with Gasteiger partial charge in [-0.1, -0.05) is 34.8 Å². The molecule has 1 atom stereocenters. The SMILES string of the molecule is Cl.Clc1cc(Cl)c(Cl)c([C@H]2CCCN2)c1. The van der Waals surface area contributed by atoms with E-state index in [0.29, 0.717) is 21.1 Å². The summed E-state index contributed by atoms with van der Waals surface area (Å²) in [5.74, 6) is 0. The van der Waals surface area contributed by atoms with Crippen molar-refractivity contribution in [2.24, 2.45) is 0 Å². The lowest BCUT2D eigenvalue weighted by Crippen LogP contribution is -2.13. The summed E-state index contributed by atoms with van der Waals surface area (Å²) in [6.07, 6.45) is 2.27. The lowest BCUT2D eigenvalue weighted by atomic mass is 10.1. The first-order chi connectivity index (χ1) is 6.68. The highest BCUT2D eigenvalue weighted by molar-refractivity contribution is 6.43. The molecule has 0 saturated carbocycles. The number of halogens is 4. The molecule has 1 saturated heterocycles. The molecule has 1 aliphatic rings. The Hall–Kier alpha value is 0.340. The zero-order valence-corrected chi connectivity index (χ0v) is 11.0. The monoisotopic (exact) mass is 285 g/mol. The van der Waals surface area contributed by atoms with Crippen molar-refractivity contribution in [2.75, 3.05) is 6.54 Å². The maximum absolute atomic E-state index is 6.11. The van der Waals surface area contributed by atoms with Gasteiger partial charge in [-0.3, -0.25) is 0 Å². The Morgan fingerprint density at radius 1 is 1.20 bits per heavy atom. The van der Waals surface area contributed by atoms with E-state index in [-0.39, 0.29) is 12.4 Å². The number of benzene rings is 1. The zero-order valence-electron chi connectivity index (χ0n) is 7.90. The minimum Gasteiger partial charge on any atom is -0.310 e. The molecule has 84 valence electrons. The van der Waals surface area contributed by atoms with E-state index in [1.54, 1.807) is 6.07 Å². The quantitative estimate of drug-likeness (QED) is 0.750. The van der Waals surface area contributed by atoms with Crippen LogP contribution in [0.2, 0.25) is 15.1 Å². The molecule has 0 amide bonds. The molecule has 0 bridgehead atoms. The smallest absolute Gasteiger partial charge is 0.0641 e. The number of hydrogen-bond acceptors (Lipinski definition) is 1. The van der Waals surface area contributed by atoms with E-state index < -0.39 is 0 Å². The Morgan fingerprint density at radius 2 is 1.93 bits per heavy atom. The van der Waals surface area contributed by atoms with E-state index in [9.17, 15) is 0 Å². The summed E-state index contributed by atoms with van der Waals surface area (Å²) in [6, 6.07) is 3.86. The second-order valence-electron chi connectivity index (χ2n) is 3.44. The van der Waals surface area contributed by atoms with Crippen LogP contribution in [0.1, 0.15) is 24.4 Å². The molecule has 0 spiro atoms. The molecule has 2 rings (SSSR count). The van der Waals surface area contributed by atoms with Crippen LogP contribution in [0.25, 0.3) is 0 Å². The minimum absolute atomic E-state index is 0. The third-order valence-corrected chi connectivity index (χ3v) is 3.49. The van der Waals surface area contributed by atoms with Crippen molar-refractivity contribution >= 4 is 47.2 Å². The second kappa shape index (κ2) is 5.60. The average molecular weight is 287 g/mol. The van der Waals surface area contributed by atoms with E-state index in [2.05, 4.69) is 5.32 Å². The van der Waals surface area contributed by atoms with Gasteiger partial charge in [-0.05, 0) is 37.1 Å².